The minimum absolute atomic E-state index is 0.372. The van der Waals surface area contributed by atoms with E-state index in [9.17, 15) is 18.0 Å². The quantitative estimate of drug-likeness (QED) is 0.467. The van der Waals surface area contributed by atoms with Crippen LogP contribution in [-0.2, 0) is 9.59 Å². The summed E-state index contributed by atoms with van der Waals surface area (Å²) in [7, 11) is 0. The number of aliphatic carboxylic acids is 1. The van der Waals surface area contributed by atoms with Gasteiger partial charge in [-0.3, -0.25) is 4.79 Å². The number of amides is 1. The molecule has 0 bridgehead atoms. The third kappa shape index (κ3) is 12.2. The first-order chi connectivity index (χ1) is 7.25. The average Bonchev–Trinajstić information content (AvgIpc) is 2.17. The first kappa shape index (κ1) is 16.7. The average molecular weight is 240 g/mol. The molecule has 5 nitrogen and oxygen atoms in total. The van der Waals surface area contributed by atoms with E-state index in [1.165, 1.54) is 0 Å². The zero-order chi connectivity index (χ0) is 13.2. The molecule has 1 amide bonds. The van der Waals surface area contributed by atoms with Crippen LogP contribution >= 0.6 is 0 Å². The highest BCUT2D eigenvalue weighted by atomic mass is 19.4. The van der Waals surface area contributed by atoms with Crippen molar-refractivity contribution in [1.29, 1.82) is 0 Å². The predicted octanol–water partition coefficient (Wildman–Crippen LogP) is -0.282. The SMILES string of the molecule is C#CC(=O)NCCCN.O=C(O)C(F)(F)F. The fraction of sp³-hybridized carbons (Fsp3) is 0.500. The number of hydrogen-bond acceptors (Lipinski definition) is 3. The molecule has 0 aliphatic rings. The van der Waals surface area contributed by atoms with Crippen LogP contribution in [0.3, 0.4) is 0 Å². The maximum Gasteiger partial charge on any atom is 0.490 e. The van der Waals surface area contributed by atoms with Crippen molar-refractivity contribution in [2.45, 2.75) is 12.6 Å². The number of rotatable bonds is 3. The van der Waals surface area contributed by atoms with Crippen LogP contribution < -0.4 is 11.1 Å². The summed E-state index contributed by atoms with van der Waals surface area (Å²) in [6, 6.07) is 0. The van der Waals surface area contributed by atoms with Crippen LogP contribution in [0.25, 0.3) is 0 Å². The van der Waals surface area contributed by atoms with Crippen molar-refractivity contribution in [2.24, 2.45) is 5.73 Å². The molecule has 0 saturated carbocycles. The molecule has 0 unspecified atom stereocenters. The molecule has 0 aromatic carbocycles. The number of alkyl halides is 3. The molecule has 8 heteroatoms. The summed E-state index contributed by atoms with van der Waals surface area (Å²) in [6.07, 6.45) is 0.449. The van der Waals surface area contributed by atoms with Gasteiger partial charge in [-0.15, -0.1) is 6.42 Å². The number of nitrogens with one attached hydrogen (secondary N) is 1. The number of carbonyl (C=O) groups excluding carboxylic acids is 1. The molecule has 0 fully saturated rings. The van der Waals surface area contributed by atoms with Crippen molar-refractivity contribution in [2.75, 3.05) is 13.1 Å². The Kier molecular flexibility index (Phi) is 8.91. The minimum Gasteiger partial charge on any atom is -0.475 e. The fourth-order valence-electron chi connectivity index (χ4n) is 0.355. The number of nitrogens with two attached hydrogens (primary N) is 1. The van der Waals surface area contributed by atoms with E-state index in [-0.39, 0.29) is 5.91 Å². The number of carboxylic acids is 1. The summed E-state index contributed by atoms with van der Waals surface area (Å²) >= 11 is 0. The topological polar surface area (TPSA) is 92.4 Å². The van der Waals surface area contributed by atoms with E-state index in [1.807, 2.05) is 5.92 Å². The van der Waals surface area contributed by atoms with Crippen molar-refractivity contribution >= 4 is 11.9 Å². The van der Waals surface area contributed by atoms with E-state index in [4.69, 9.17) is 22.1 Å². The van der Waals surface area contributed by atoms with Crippen molar-refractivity contribution in [1.82, 2.24) is 5.32 Å². The molecule has 16 heavy (non-hydrogen) atoms. The molecule has 0 aliphatic carbocycles. The molecule has 92 valence electrons. The molecule has 0 radical (unpaired) electrons. The third-order valence-corrected chi connectivity index (χ3v) is 1.04. The monoisotopic (exact) mass is 240 g/mol. The highest BCUT2D eigenvalue weighted by molar-refractivity contribution is 5.92. The lowest BCUT2D eigenvalue weighted by Crippen LogP contribution is -2.24. The summed E-state index contributed by atoms with van der Waals surface area (Å²) in [6.45, 7) is 1.14. The van der Waals surface area contributed by atoms with Crippen molar-refractivity contribution < 1.29 is 27.9 Å². The van der Waals surface area contributed by atoms with Crippen LogP contribution in [0.15, 0.2) is 0 Å². The normalized spacial score (nSPS) is 9.44. The summed E-state index contributed by atoms with van der Waals surface area (Å²) in [5, 5.41) is 9.60. The molecule has 0 spiro atoms. The lowest BCUT2D eigenvalue weighted by atomic mass is 10.4. The van der Waals surface area contributed by atoms with E-state index in [0.29, 0.717) is 13.1 Å². The van der Waals surface area contributed by atoms with Crippen LogP contribution in [0.2, 0.25) is 0 Å². The minimum atomic E-state index is -5.08. The zero-order valence-electron chi connectivity index (χ0n) is 8.17. The first-order valence-electron chi connectivity index (χ1n) is 4.00. The second-order valence-corrected chi connectivity index (χ2v) is 2.35. The molecule has 0 aromatic heterocycles. The number of terminal acetylenes is 1. The molecule has 0 saturated heterocycles. The second kappa shape index (κ2) is 8.55. The molecule has 0 atom stereocenters. The van der Waals surface area contributed by atoms with Crippen molar-refractivity contribution in [3.8, 4) is 12.3 Å². The largest absolute Gasteiger partial charge is 0.490 e. The van der Waals surface area contributed by atoms with E-state index in [0.717, 1.165) is 6.42 Å². The van der Waals surface area contributed by atoms with Gasteiger partial charge in [0.25, 0.3) is 5.91 Å². The number of carbonyl (C=O) groups is 2. The Balaban J connectivity index is 0. The van der Waals surface area contributed by atoms with Gasteiger partial charge in [0.05, 0.1) is 0 Å². The highest BCUT2D eigenvalue weighted by Gasteiger charge is 2.38. The number of carboxylic acid groups (broad SMARTS) is 1. The van der Waals surface area contributed by atoms with Gasteiger partial charge in [-0.1, -0.05) is 0 Å². The Bertz CT molecular complexity index is 271. The molecule has 0 aromatic rings. The number of hydrogen-bond donors (Lipinski definition) is 3. The van der Waals surface area contributed by atoms with Crippen molar-refractivity contribution in [3.63, 3.8) is 0 Å². The van der Waals surface area contributed by atoms with Crippen LogP contribution in [0.1, 0.15) is 6.42 Å². The highest BCUT2D eigenvalue weighted by Crippen LogP contribution is 2.13. The number of halogens is 3. The van der Waals surface area contributed by atoms with Crippen LogP contribution in [0.4, 0.5) is 13.2 Å². The molecule has 0 aliphatic heterocycles. The molecular weight excluding hydrogens is 229 g/mol. The lowest BCUT2D eigenvalue weighted by molar-refractivity contribution is -0.192. The smallest absolute Gasteiger partial charge is 0.475 e. The Morgan fingerprint density at radius 1 is 1.44 bits per heavy atom. The Morgan fingerprint density at radius 2 is 1.88 bits per heavy atom. The van der Waals surface area contributed by atoms with Gasteiger partial charge >= 0.3 is 12.1 Å². The van der Waals surface area contributed by atoms with Gasteiger partial charge in [-0.05, 0) is 18.9 Å². The summed E-state index contributed by atoms with van der Waals surface area (Å²) in [5.74, 6) is -1.20. The van der Waals surface area contributed by atoms with Gasteiger partial charge in [-0.25, -0.2) is 4.79 Å². The van der Waals surface area contributed by atoms with E-state index in [2.05, 4.69) is 5.32 Å². The van der Waals surface area contributed by atoms with E-state index in [1.54, 1.807) is 0 Å². The molecule has 4 N–H and O–H groups in total. The predicted molar refractivity (Wildman–Crippen MR) is 49.2 cm³/mol. The van der Waals surface area contributed by atoms with E-state index >= 15 is 0 Å². The third-order valence-electron chi connectivity index (χ3n) is 1.04. The van der Waals surface area contributed by atoms with Crippen LogP contribution in [0.5, 0.6) is 0 Å². The molecular formula is C8H11F3N2O3. The zero-order valence-corrected chi connectivity index (χ0v) is 8.17. The van der Waals surface area contributed by atoms with Gasteiger partial charge in [0, 0.05) is 6.54 Å². The Labute approximate surface area is 89.8 Å². The van der Waals surface area contributed by atoms with Crippen molar-refractivity contribution in [3.05, 3.63) is 0 Å². The van der Waals surface area contributed by atoms with Crippen LogP contribution in [0, 0.1) is 12.3 Å². The van der Waals surface area contributed by atoms with Gasteiger partial charge in [0.15, 0.2) is 0 Å². The van der Waals surface area contributed by atoms with Gasteiger partial charge < -0.3 is 16.2 Å². The van der Waals surface area contributed by atoms with Gasteiger partial charge in [-0.2, -0.15) is 13.2 Å². The molecule has 0 heterocycles. The molecule has 0 rings (SSSR count). The second-order valence-electron chi connectivity index (χ2n) is 2.35. The van der Waals surface area contributed by atoms with Crippen LogP contribution in [-0.4, -0.2) is 36.2 Å². The summed E-state index contributed by atoms with van der Waals surface area (Å²) in [4.78, 5) is 19.2. The summed E-state index contributed by atoms with van der Waals surface area (Å²) in [5.41, 5.74) is 5.15. The Hall–Kier alpha value is -1.75. The van der Waals surface area contributed by atoms with E-state index < -0.39 is 12.1 Å². The lowest BCUT2D eigenvalue weighted by Gasteiger charge is -1.95. The Morgan fingerprint density at radius 3 is 2.12 bits per heavy atom. The maximum absolute atomic E-state index is 10.6. The van der Waals surface area contributed by atoms with Gasteiger partial charge in [0.2, 0.25) is 0 Å². The summed E-state index contributed by atoms with van der Waals surface area (Å²) < 4.78 is 31.7. The van der Waals surface area contributed by atoms with Gasteiger partial charge in [0.1, 0.15) is 0 Å². The standard InChI is InChI=1S/C6H10N2O.C2HF3O2/c1-2-6(9)8-5-3-4-7;3-2(4,5)1(6)7/h1H,3-5,7H2,(H,8,9);(H,6,7). The first-order valence-corrected chi connectivity index (χ1v) is 4.00. The maximum atomic E-state index is 10.6. The fourth-order valence-corrected chi connectivity index (χ4v) is 0.355.